The first-order valence-electron chi connectivity index (χ1n) is 13.2. The summed E-state index contributed by atoms with van der Waals surface area (Å²) in [5.74, 6) is 0.193. The van der Waals surface area contributed by atoms with Crippen molar-refractivity contribution in [2.45, 2.75) is 62.9 Å². The first kappa shape index (κ1) is 28.2. The molecular weight excluding hydrogens is 519 g/mol. The molecule has 4 nitrogen and oxygen atoms in total. The van der Waals surface area contributed by atoms with E-state index in [1.54, 1.807) is 17.0 Å². The molecule has 0 aromatic heterocycles. The molecule has 1 aliphatic carbocycles. The predicted molar refractivity (Wildman–Crippen MR) is 154 cm³/mol. The Morgan fingerprint density at radius 1 is 0.921 bits per heavy atom. The first-order valence-corrected chi connectivity index (χ1v) is 14.7. The van der Waals surface area contributed by atoms with Crippen LogP contribution in [-0.4, -0.2) is 34.6 Å². The van der Waals surface area contributed by atoms with Crippen LogP contribution in [0.3, 0.4) is 0 Å². The molecule has 200 valence electrons. The van der Waals surface area contributed by atoms with Crippen LogP contribution in [0.1, 0.15) is 48.8 Å². The van der Waals surface area contributed by atoms with Gasteiger partial charge in [0.15, 0.2) is 0 Å². The molecular formula is C31H34ClFN2O2S. The number of carbonyl (C=O) groups excluding carboxylic acids is 2. The molecule has 3 aromatic rings. The standard InChI is InChI=1S/C31H34ClFN2O2S/c32-28-14-8-7-11-25(28)21-38-22-30(36)35(20-24-15-17-26(33)18-16-24)29(19-23-9-3-1-4-10-23)31(37)34-27-12-5-2-6-13-27/h1,3-4,7-11,14-18,27,29H,2,5-6,12-13,19-22H2,(H,34,37)/t29-/m0/s1. The van der Waals surface area contributed by atoms with E-state index in [4.69, 9.17) is 11.6 Å². The number of benzene rings is 3. The summed E-state index contributed by atoms with van der Waals surface area (Å²) in [6.45, 7) is 0.224. The summed E-state index contributed by atoms with van der Waals surface area (Å²) < 4.78 is 13.6. The SMILES string of the molecule is O=C(NC1CCCCC1)[C@H](Cc1ccccc1)N(Cc1ccc(F)cc1)C(=O)CSCc1ccccc1Cl. The maximum absolute atomic E-state index is 13.8. The normalized spacial score (nSPS) is 14.6. The lowest BCUT2D eigenvalue weighted by atomic mass is 9.94. The Morgan fingerprint density at radius 3 is 2.32 bits per heavy atom. The molecule has 1 fully saturated rings. The average molecular weight is 553 g/mol. The molecule has 2 amide bonds. The highest BCUT2D eigenvalue weighted by Crippen LogP contribution is 2.23. The topological polar surface area (TPSA) is 49.4 Å². The van der Waals surface area contributed by atoms with Crippen molar-refractivity contribution in [2.75, 3.05) is 5.75 Å². The van der Waals surface area contributed by atoms with Gasteiger partial charge in [-0.2, -0.15) is 0 Å². The zero-order valence-electron chi connectivity index (χ0n) is 21.5. The van der Waals surface area contributed by atoms with Gasteiger partial charge in [-0.1, -0.05) is 91.5 Å². The highest BCUT2D eigenvalue weighted by molar-refractivity contribution is 7.99. The van der Waals surface area contributed by atoms with Crippen molar-refractivity contribution in [1.82, 2.24) is 10.2 Å². The minimum absolute atomic E-state index is 0.131. The number of hydrogen-bond donors (Lipinski definition) is 1. The second kappa shape index (κ2) is 14.4. The van der Waals surface area contributed by atoms with E-state index < -0.39 is 6.04 Å². The Kier molecular flexibility index (Phi) is 10.6. The molecule has 0 spiro atoms. The largest absolute Gasteiger partial charge is 0.352 e. The number of nitrogens with zero attached hydrogens (tertiary/aromatic N) is 1. The Bertz CT molecular complexity index is 1190. The highest BCUT2D eigenvalue weighted by atomic mass is 35.5. The van der Waals surface area contributed by atoms with Gasteiger partial charge in [0.25, 0.3) is 0 Å². The van der Waals surface area contributed by atoms with Crippen LogP contribution in [0.25, 0.3) is 0 Å². The molecule has 1 N–H and O–H groups in total. The van der Waals surface area contributed by atoms with Crippen LogP contribution in [0.2, 0.25) is 5.02 Å². The van der Waals surface area contributed by atoms with Crippen molar-refractivity contribution in [3.63, 3.8) is 0 Å². The second-order valence-electron chi connectivity index (χ2n) is 9.78. The van der Waals surface area contributed by atoms with Crippen LogP contribution >= 0.6 is 23.4 Å². The summed E-state index contributed by atoms with van der Waals surface area (Å²) in [5.41, 5.74) is 2.73. The minimum Gasteiger partial charge on any atom is -0.352 e. The lowest BCUT2D eigenvalue weighted by Gasteiger charge is -2.33. The maximum atomic E-state index is 13.8. The molecule has 0 radical (unpaired) electrons. The number of thioether (sulfide) groups is 1. The number of amides is 2. The van der Waals surface area contributed by atoms with Crippen molar-refractivity contribution in [1.29, 1.82) is 0 Å². The van der Waals surface area contributed by atoms with E-state index >= 15 is 0 Å². The summed E-state index contributed by atoms with van der Waals surface area (Å²) in [6, 6.07) is 22.9. The van der Waals surface area contributed by atoms with Gasteiger partial charge in [0, 0.05) is 29.8 Å². The summed E-state index contributed by atoms with van der Waals surface area (Å²) in [6.07, 6.45) is 5.72. The van der Waals surface area contributed by atoms with Crippen LogP contribution in [-0.2, 0) is 28.3 Å². The lowest BCUT2D eigenvalue weighted by Crippen LogP contribution is -2.53. The Labute approximate surface area is 234 Å². The van der Waals surface area contributed by atoms with Gasteiger partial charge >= 0.3 is 0 Å². The van der Waals surface area contributed by atoms with Gasteiger partial charge in [-0.25, -0.2) is 4.39 Å². The molecule has 38 heavy (non-hydrogen) atoms. The van der Waals surface area contributed by atoms with Gasteiger partial charge < -0.3 is 10.2 Å². The molecule has 0 unspecified atom stereocenters. The van der Waals surface area contributed by atoms with Gasteiger partial charge in [-0.3, -0.25) is 9.59 Å². The Morgan fingerprint density at radius 2 is 1.61 bits per heavy atom. The third-order valence-electron chi connectivity index (χ3n) is 6.93. The molecule has 3 aromatic carbocycles. The molecule has 1 saturated carbocycles. The van der Waals surface area contributed by atoms with Crippen molar-refractivity contribution >= 4 is 35.2 Å². The summed E-state index contributed by atoms with van der Waals surface area (Å²) in [5, 5.41) is 3.91. The van der Waals surface area contributed by atoms with E-state index in [9.17, 15) is 14.0 Å². The molecule has 0 heterocycles. The van der Waals surface area contributed by atoms with Crippen molar-refractivity contribution in [3.05, 3.63) is 106 Å². The number of rotatable bonds is 11. The zero-order chi connectivity index (χ0) is 26.7. The highest BCUT2D eigenvalue weighted by Gasteiger charge is 2.31. The van der Waals surface area contributed by atoms with E-state index in [0.29, 0.717) is 17.2 Å². The summed E-state index contributed by atoms with van der Waals surface area (Å²) in [4.78, 5) is 29.2. The third-order valence-corrected chi connectivity index (χ3v) is 8.26. The number of hydrogen-bond acceptors (Lipinski definition) is 3. The van der Waals surface area contributed by atoms with Crippen LogP contribution < -0.4 is 5.32 Å². The summed E-state index contributed by atoms with van der Waals surface area (Å²) in [7, 11) is 0. The van der Waals surface area contributed by atoms with Gasteiger partial charge in [-0.15, -0.1) is 11.8 Å². The van der Waals surface area contributed by atoms with Crippen LogP contribution in [0.5, 0.6) is 0 Å². The third kappa shape index (κ3) is 8.34. The van der Waals surface area contributed by atoms with E-state index in [-0.39, 0.29) is 36.0 Å². The fourth-order valence-corrected chi connectivity index (χ4v) is 6.03. The first-order chi connectivity index (χ1) is 18.5. The number of nitrogens with one attached hydrogen (secondary N) is 1. The monoisotopic (exact) mass is 552 g/mol. The van der Waals surface area contributed by atoms with E-state index in [1.807, 2.05) is 54.6 Å². The van der Waals surface area contributed by atoms with Crippen LogP contribution in [0.4, 0.5) is 4.39 Å². The van der Waals surface area contributed by atoms with Crippen LogP contribution in [0, 0.1) is 5.82 Å². The minimum atomic E-state index is -0.683. The Balaban J connectivity index is 1.56. The Hall–Kier alpha value is -2.83. The van der Waals surface area contributed by atoms with Crippen molar-refractivity contribution < 1.29 is 14.0 Å². The summed E-state index contributed by atoms with van der Waals surface area (Å²) >= 11 is 7.78. The fraction of sp³-hybridized carbons (Fsp3) is 0.355. The van der Waals surface area contributed by atoms with Gasteiger partial charge in [0.05, 0.1) is 5.75 Å². The quantitative estimate of drug-likeness (QED) is 0.284. The van der Waals surface area contributed by atoms with E-state index in [2.05, 4.69) is 5.32 Å². The molecule has 7 heteroatoms. The second-order valence-corrected chi connectivity index (χ2v) is 11.2. The molecule has 0 bridgehead atoms. The molecule has 0 aliphatic heterocycles. The number of halogens is 2. The molecule has 4 rings (SSSR count). The van der Waals surface area contributed by atoms with E-state index in [0.717, 1.165) is 42.4 Å². The molecule has 0 saturated heterocycles. The average Bonchev–Trinajstić information content (AvgIpc) is 2.94. The fourth-order valence-electron chi connectivity index (χ4n) is 4.83. The molecule has 1 atom stereocenters. The lowest BCUT2D eigenvalue weighted by molar-refractivity contribution is -0.139. The van der Waals surface area contributed by atoms with Gasteiger partial charge in [0.2, 0.25) is 11.8 Å². The van der Waals surface area contributed by atoms with Crippen molar-refractivity contribution in [3.8, 4) is 0 Å². The maximum Gasteiger partial charge on any atom is 0.243 e. The van der Waals surface area contributed by atoms with Gasteiger partial charge in [-0.05, 0) is 47.7 Å². The number of carbonyl (C=O) groups is 2. The van der Waals surface area contributed by atoms with E-state index in [1.165, 1.54) is 30.3 Å². The predicted octanol–water partition coefficient (Wildman–Crippen LogP) is 6.80. The van der Waals surface area contributed by atoms with Crippen LogP contribution in [0.15, 0.2) is 78.9 Å². The smallest absolute Gasteiger partial charge is 0.243 e. The molecule has 1 aliphatic rings. The zero-order valence-corrected chi connectivity index (χ0v) is 23.0. The van der Waals surface area contributed by atoms with Crippen molar-refractivity contribution in [2.24, 2.45) is 0 Å². The van der Waals surface area contributed by atoms with Gasteiger partial charge in [0.1, 0.15) is 11.9 Å².